The second-order valence-electron chi connectivity index (χ2n) is 9.82. The average Bonchev–Trinajstić information content (AvgIpc) is 3.39. The summed E-state index contributed by atoms with van der Waals surface area (Å²) >= 11 is 0. The Morgan fingerprint density at radius 3 is 2.64 bits per heavy atom. The number of nitrogens with one attached hydrogen (secondary N) is 3. The van der Waals surface area contributed by atoms with Gasteiger partial charge in [0.15, 0.2) is 0 Å². The number of benzene rings is 2. The van der Waals surface area contributed by atoms with Crippen LogP contribution in [0.4, 0.5) is 4.39 Å². The Morgan fingerprint density at radius 1 is 1.15 bits per heavy atom. The fraction of sp³-hybridized carbons (Fsp3) is 0.429. The van der Waals surface area contributed by atoms with Crippen molar-refractivity contribution in [2.45, 2.75) is 56.8 Å². The van der Waals surface area contributed by atoms with Crippen LogP contribution in [0.2, 0.25) is 0 Å². The molecule has 2 aliphatic rings. The Kier molecular flexibility index (Phi) is 9.13. The monoisotopic (exact) mass is 540 g/mol. The molecule has 0 aromatic heterocycles. The standard InChI is InChI=1S/C28H33FN4O6/c1-17(34)25-28(38)33-14-4-5-20(33)16-39-23-7-3-2-6-21(23)26(36)31-22(15-24(35)32-25)27(37)30-13-12-18-8-10-19(29)11-9-18/h2-3,6-11,17,20,22,25,34H,4-5,12-16H2,1H3,(H,30,37)(H,31,36)(H,32,35)/t17-,20-,22+,25+/m1/s1. The molecule has 2 aromatic carbocycles. The Hall–Kier alpha value is -3.99. The third-order valence-corrected chi connectivity index (χ3v) is 6.93. The SMILES string of the molecule is C[C@@H](O)[C@@H]1NC(=O)C[C@@H](C(=O)NCCc2ccc(F)cc2)NC(=O)c2ccccc2OC[C@H]2CCCN2C1=O. The minimum Gasteiger partial charge on any atom is -0.491 e. The molecule has 10 nitrogen and oxygen atoms in total. The van der Waals surface area contributed by atoms with Crippen LogP contribution in [-0.2, 0) is 20.8 Å². The normalized spacial score (nSPS) is 22.9. The predicted molar refractivity (Wildman–Crippen MR) is 139 cm³/mol. The molecular formula is C28H33FN4O6. The highest BCUT2D eigenvalue weighted by atomic mass is 19.1. The number of halogens is 1. The van der Waals surface area contributed by atoms with Crippen LogP contribution in [0.3, 0.4) is 0 Å². The number of nitrogens with zero attached hydrogens (tertiary/aromatic N) is 1. The molecule has 0 aliphatic carbocycles. The van der Waals surface area contributed by atoms with Crippen molar-refractivity contribution in [3.8, 4) is 5.75 Å². The molecule has 2 aromatic rings. The van der Waals surface area contributed by atoms with Gasteiger partial charge in [-0.3, -0.25) is 19.2 Å². The molecule has 4 atom stereocenters. The molecule has 0 unspecified atom stereocenters. The van der Waals surface area contributed by atoms with E-state index in [0.717, 1.165) is 12.0 Å². The highest BCUT2D eigenvalue weighted by molar-refractivity contribution is 6.01. The number of aliphatic hydroxyl groups excluding tert-OH is 1. The summed E-state index contributed by atoms with van der Waals surface area (Å²) in [7, 11) is 0. The van der Waals surface area contributed by atoms with E-state index in [0.29, 0.717) is 25.1 Å². The van der Waals surface area contributed by atoms with Crippen molar-refractivity contribution >= 4 is 23.6 Å². The fourth-order valence-electron chi connectivity index (χ4n) is 4.80. The van der Waals surface area contributed by atoms with Crippen molar-refractivity contribution in [2.75, 3.05) is 19.7 Å². The number of carbonyl (C=O) groups is 4. The number of amides is 4. The van der Waals surface area contributed by atoms with Gasteiger partial charge in [0.1, 0.15) is 30.3 Å². The van der Waals surface area contributed by atoms with Crippen molar-refractivity contribution in [1.29, 1.82) is 0 Å². The Morgan fingerprint density at radius 2 is 1.90 bits per heavy atom. The van der Waals surface area contributed by atoms with E-state index < -0.39 is 48.2 Å². The van der Waals surface area contributed by atoms with Gasteiger partial charge in [0.2, 0.25) is 17.7 Å². The molecule has 11 heteroatoms. The zero-order valence-corrected chi connectivity index (χ0v) is 21.7. The molecule has 4 N–H and O–H groups in total. The lowest BCUT2D eigenvalue weighted by molar-refractivity contribution is -0.140. The maximum atomic E-state index is 13.3. The molecule has 0 spiro atoms. The fourth-order valence-corrected chi connectivity index (χ4v) is 4.80. The Bertz CT molecular complexity index is 1200. The summed E-state index contributed by atoms with van der Waals surface area (Å²) in [6.45, 7) is 2.17. The minimum absolute atomic E-state index is 0.129. The van der Waals surface area contributed by atoms with Gasteiger partial charge in [-0.15, -0.1) is 0 Å². The molecular weight excluding hydrogens is 507 g/mol. The van der Waals surface area contributed by atoms with Crippen LogP contribution >= 0.6 is 0 Å². The lowest BCUT2D eigenvalue weighted by Gasteiger charge is -2.31. The first-order valence-corrected chi connectivity index (χ1v) is 13.1. The zero-order valence-electron chi connectivity index (χ0n) is 21.7. The zero-order chi connectivity index (χ0) is 27.9. The van der Waals surface area contributed by atoms with Gasteiger partial charge in [-0.1, -0.05) is 24.3 Å². The quantitative estimate of drug-likeness (QED) is 0.445. The molecule has 1 fully saturated rings. The first-order valence-electron chi connectivity index (χ1n) is 13.1. The second-order valence-corrected chi connectivity index (χ2v) is 9.82. The molecule has 2 aliphatic heterocycles. The molecule has 1 saturated heterocycles. The summed E-state index contributed by atoms with van der Waals surface area (Å²) in [4.78, 5) is 54.2. The van der Waals surface area contributed by atoms with E-state index in [1.54, 1.807) is 41.3 Å². The van der Waals surface area contributed by atoms with Gasteiger partial charge in [0.25, 0.3) is 5.91 Å². The molecule has 4 amide bonds. The van der Waals surface area contributed by atoms with Crippen LogP contribution in [0.5, 0.6) is 5.75 Å². The number of hydrogen-bond acceptors (Lipinski definition) is 6. The van der Waals surface area contributed by atoms with Crippen molar-refractivity contribution in [3.05, 3.63) is 65.5 Å². The van der Waals surface area contributed by atoms with E-state index >= 15 is 0 Å². The second kappa shape index (κ2) is 12.7. The van der Waals surface area contributed by atoms with E-state index in [9.17, 15) is 28.7 Å². The number of fused-ring (bicyclic) bond motifs is 2. The molecule has 208 valence electrons. The minimum atomic E-state index is -1.27. The summed E-state index contributed by atoms with van der Waals surface area (Å²) in [6.07, 6.45) is 0.181. The Labute approximate surface area is 225 Å². The van der Waals surface area contributed by atoms with Crippen LogP contribution in [0.25, 0.3) is 0 Å². The van der Waals surface area contributed by atoms with Gasteiger partial charge < -0.3 is 30.7 Å². The number of hydrogen-bond donors (Lipinski definition) is 4. The van der Waals surface area contributed by atoms with Crippen molar-refractivity contribution < 1.29 is 33.4 Å². The lowest BCUT2D eigenvalue weighted by Crippen LogP contribution is -2.57. The van der Waals surface area contributed by atoms with Crippen molar-refractivity contribution in [2.24, 2.45) is 0 Å². The topological polar surface area (TPSA) is 137 Å². The van der Waals surface area contributed by atoms with Gasteiger partial charge >= 0.3 is 0 Å². The summed E-state index contributed by atoms with van der Waals surface area (Å²) in [5.74, 6) is -2.39. The van der Waals surface area contributed by atoms with Gasteiger partial charge in [0.05, 0.1) is 24.1 Å². The highest BCUT2D eigenvalue weighted by Gasteiger charge is 2.37. The van der Waals surface area contributed by atoms with E-state index in [-0.39, 0.29) is 30.6 Å². The Balaban J connectivity index is 1.56. The maximum Gasteiger partial charge on any atom is 0.255 e. The molecule has 0 saturated carbocycles. The lowest BCUT2D eigenvalue weighted by atomic mass is 10.1. The summed E-state index contributed by atoms with van der Waals surface area (Å²) in [5.41, 5.74) is 0.992. The number of aliphatic hydroxyl groups is 1. The van der Waals surface area contributed by atoms with Crippen LogP contribution < -0.4 is 20.7 Å². The van der Waals surface area contributed by atoms with Gasteiger partial charge in [-0.2, -0.15) is 0 Å². The van der Waals surface area contributed by atoms with E-state index in [1.807, 2.05) is 0 Å². The largest absolute Gasteiger partial charge is 0.491 e. The molecule has 0 radical (unpaired) electrons. The number of para-hydroxylation sites is 1. The summed E-state index contributed by atoms with van der Waals surface area (Å²) < 4.78 is 19.1. The predicted octanol–water partition coefficient (Wildman–Crippen LogP) is 0.922. The third-order valence-electron chi connectivity index (χ3n) is 6.93. The smallest absolute Gasteiger partial charge is 0.255 e. The molecule has 2 heterocycles. The highest BCUT2D eigenvalue weighted by Crippen LogP contribution is 2.24. The van der Waals surface area contributed by atoms with Gasteiger partial charge in [0, 0.05) is 13.1 Å². The summed E-state index contributed by atoms with van der Waals surface area (Å²) in [5, 5.41) is 18.2. The van der Waals surface area contributed by atoms with Crippen LogP contribution in [0, 0.1) is 5.82 Å². The molecule has 0 bridgehead atoms. The number of ether oxygens (including phenoxy) is 1. The third kappa shape index (κ3) is 7.11. The number of carbonyl (C=O) groups excluding carboxylic acids is 4. The maximum absolute atomic E-state index is 13.3. The van der Waals surface area contributed by atoms with Gasteiger partial charge in [-0.25, -0.2) is 4.39 Å². The van der Waals surface area contributed by atoms with E-state index in [2.05, 4.69) is 16.0 Å². The first kappa shape index (κ1) is 28.0. The summed E-state index contributed by atoms with van der Waals surface area (Å²) in [6, 6.07) is 9.64. The average molecular weight is 541 g/mol. The van der Waals surface area contributed by atoms with E-state index in [1.165, 1.54) is 19.1 Å². The van der Waals surface area contributed by atoms with Gasteiger partial charge in [-0.05, 0) is 56.0 Å². The number of rotatable bonds is 5. The molecule has 4 rings (SSSR count). The first-order chi connectivity index (χ1) is 18.7. The molecule has 39 heavy (non-hydrogen) atoms. The van der Waals surface area contributed by atoms with Crippen LogP contribution in [0.1, 0.15) is 42.1 Å². The van der Waals surface area contributed by atoms with E-state index in [4.69, 9.17) is 4.74 Å². The van der Waals surface area contributed by atoms with Crippen molar-refractivity contribution in [3.63, 3.8) is 0 Å². The van der Waals surface area contributed by atoms with Crippen molar-refractivity contribution in [1.82, 2.24) is 20.9 Å². The van der Waals surface area contributed by atoms with Crippen LogP contribution in [-0.4, -0.2) is 77.6 Å². The van der Waals surface area contributed by atoms with Crippen LogP contribution in [0.15, 0.2) is 48.5 Å².